The Kier molecular flexibility index (Phi) is 5.06. The van der Waals surface area contributed by atoms with Crippen molar-refractivity contribution >= 4 is 12.4 Å². The topological polar surface area (TPSA) is 64.9 Å². The molecule has 0 atom stereocenters. The minimum Gasteiger partial charge on any atom is -0.339 e. The van der Waals surface area contributed by atoms with Crippen LogP contribution in [0.5, 0.6) is 0 Å². The number of nitrogens with two attached hydrogens (primary N) is 1. The van der Waals surface area contributed by atoms with Gasteiger partial charge in [-0.25, -0.2) is 4.39 Å². The van der Waals surface area contributed by atoms with Gasteiger partial charge in [-0.05, 0) is 37.2 Å². The molecule has 4 nitrogen and oxygen atoms in total. The molecular formula is C11H13ClFN3O. The number of hydrogen-bond donors (Lipinski definition) is 1. The second-order valence-electron chi connectivity index (χ2n) is 3.41. The van der Waals surface area contributed by atoms with Crippen LogP contribution in [-0.2, 0) is 6.42 Å². The van der Waals surface area contributed by atoms with E-state index in [0.717, 1.165) is 12.0 Å². The van der Waals surface area contributed by atoms with Crippen LogP contribution >= 0.6 is 12.4 Å². The highest BCUT2D eigenvalue weighted by Crippen LogP contribution is 2.16. The molecule has 0 amide bonds. The van der Waals surface area contributed by atoms with E-state index in [1.807, 2.05) is 0 Å². The lowest BCUT2D eigenvalue weighted by molar-refractivity contribution is 0.376. The quantitative estimate of drug-likeness (QED) is 0.912. The molecule has 0 radical (unpaired) electrons. The molecule has 0 saturated heterocycles. The van der Waals surface area contributed by atoms with Gasteiger partial charge in [-0.3, -0.25) is 0 Å². The molecule has 0 aliphatic rings. The van der Waals surface area contributed by atoms with Crippen LogP contribution in [0.2, 0.25) is 0 Å². The first-order chi connectivity index (χ1) is 7.79. The Bertz CT molecular complexity index is 458. The molecule has 1 heterocycles. The summed E-state index contributed by atoms with van der Waals surface area (Å²) in [6, 6.07) is 5.97. The first-order valence-electron chi connectivity index (χ1n) is 5.08. The molecule has 1 aromatic heterocycles. The van der Waals surface area contributed by atoms with Crippen LogP contribution in [0.3, 0.4) is 0 Å². The molecule has 0 aliphatic carbocycles. The highest BCUT2D eigenvalue weighted by Gasteiger charge is 2.07. The zero-order valence-corrected chi connectivity index (χ0v) is 9.91. The zero-order valence-electron chi connectivity index (χ0n) is 9.10. The van der Waals surface area contributed by atoms with E-state index in [1.165, 1.54) is 12.1 Å². The van der Waals surface area contributed by atoms with Gasteiger partial charge >= 0.3 is 0 Å². The molecule has 0 aliphatic heterocycles. The summed E-state index contributed by atoms with van der Waals surface area (Å²) in [7, 11) is 0. The van der Waals surface area contributed by atoms with Gasteiger partial charge in [0.2, 0.25) is 11.7 Å². The number of nitrogens with zero attached hydrogens (tertiary/aromatic N) is 2. The Morgan fingerprint density at radius 2 is 1.94 bits per heavy atom. The van der Waals surface area contributed by atoms with E-state index in [9.17, 15) is 4.39 Å². The van der Waals surface area contributed by atoms with Crippen molar-refractivity contribution in [1.29, 1.82) is 0 Å². The third-order valence-electron chi connectivity index (χ3n) is 2.17. The minimum atomic E-state index is -0.282. The molecule has 2 N–H and O–H groups in total. The fourth-order valence-electron chi connectivity index (χ4n) is 1.33. The molecule has 2 aromatic rings. The van der Waals surface area contributed by atoms with Crippen LogP contribution in [-0.4, -0.2) is 16.7 Å². The SMILES string of the molecule is Cl.NCCCc1nc(-c2ccc(F)cc2)no1. The van der Waals surface area contributed by atoms with Crippen LogP contribution < -0.4 is 5.73 Å². The number of aromatic nitrogens is 2. The fraction of sp³-hybridized carbons (Fsp3) is 0.273. The maximum absolute atomic E-state index is 12.7. The van der Waals surface area contributed by atoms with Gasteiger partial charge in [0.25, 0.3) is 0 Å². The lowest BCUT2D eigenvalue weighted by Gasteiger charge is -1.92. The summed E-state index contributed by atoms with van der Waals surface area (Å²) in [5.41, 5.74) is 6.12. The van der Waals surface area contributed by atoms with Crippen molar-refractivity contribution in [1.82, 2.24) is 10.1 Å². The molecule has 6 heteroatoms. The van der Waals surface area contributed by atoms with Crippen molar-refractivity contribution in [3.05, 3.63) is 36.0 Å². The molecule has 92 valence electrons. The van der Waals surface area contributed by atoms with Gasteiger partial charge in [0.15, 0.2) is 0 Å². The average molecular weight is 258 g/mol. The summed E-state index contributed by atoms with van der Waals surface area (Å²) < 4.78 is 17.7. The number of aryl methyl sites for hydroxylation is 1. The Hall–Kier alpha value is -1.46. The molecule has 0 fully saturated rings. The van der Waals surface area contributed by atoms with Crippen molar-refractivity contribution in [3.8, 4) is 11.4 Å². The third-order valence-corrected chi connectivity index (χ3v) is 2.17. The molecule has 1 aromatic carbocycles. The van der Waals surface area contributed by atoms with Crippen molar-refractivity contribution in [2.45, 2.75) is 12.8 Å². The average Bonchev–Trinajstić information content (AvgIpc) is 2.76. The largest absolute Gasteiger partial charge is 0.339 e. The fourth-order valence-corrected chi connectivity index (χ4v) is 1.33. The van der Waals surface area contributed by atoms with Crippen molar-refractivity contribution in [2.24, 2.45) is 5.73 Å². The van der Waals surface area contributed by atoms with Gasteiger partial charge in [-0.15, -0.1) is 12.4 Å². The van der Waals surface area contributed by atoms with Crippen molar-refractivity contribution in [3.63, 3.8) is 0 Å². The van der Waals surface area contributed by atoms with Crippen LogP contribution in [0.25, 0.3) is 11.4 Å². The maximum Gasteiger partial charge on any atom is 0.227 e. The van der Waals surface area contributed by atoms with Gasteiger partial charge in [0.05, 0.1) is 0 Å². The number of hydrogen-bond acceptors (Lipinski definition) is 4. The number of rotatable bonds is 4. The van der Waals surface area contributed by atoms with Crippen LogP contribution in [0, 0.1) is 5.82 Å². The van der Waals surface area contributed by atoms with E-state index in [2.05, 4.69) is 10.1 Å². The maximum atomic E-state index is 12.7. The Morgan fingerprint density at radius 3 is 2.59 bits per heavy atom. The molecule has 17 heavy (non-hydrogen) atoms. The summed E-state index contributed by atoms with van der Waals surface area (Å²) in [5, 5.41) is 3.82. The van der Waals surface area contributed by atoms with Crippen molar-refractivity contribution in [2.75, 3.05) is 6.54 Å². The van der Waals surface area contributed by atoms with Crippen LogP contribution in [0.1, 0.15) is 12.3 Å². The molecule has 2 rings (SSSR count). The normalized spacial score (nSPS) is 10.0. The first-order valence-corrected chi connectivity index (χ1v) is 5.08. The Labute approximate surface area is 104 Å². The lowest BCUT2D eigenvalue weighted by Crippen LogP contribution is -2.00. The van der Waals surface area contributed by atoms with Gasteiger partial charge in [0.1, 0.15) is 5.82 Å². The molecule has 0 saturated carbocycles. The van der Waals surface area contributed by atoms with Crippen LogP contribution in [0.4, 0.5) is 4.39 Å². The van der Waals surface area contributed by atoms with Crippen molar-refractivity contribution < 1.29 is 8.91 Å². The van der Waals surface area contributed by atoms with E-state index < -0.39 is 0 Å². The Balaban J connectivity index is 0.00000144. The molecule has 0 spiro atoms. The second kappa shape index (κ2) is 6.32. The lowest BCUT2D eigenvalue weighted by atomic mass is 10.2. The first kappa shape index (κ1) is 13.6. The summed E-state index contributed by atoms with van der Waals surface area (Å²) in [5.74, 6) is 0.757. The van der Waals surface area contributed by atoms with Gasteiger partial charge < -0.3 is 10.3 Å². The van der Waals surface area contributed by atoms with E-state index in [0.29, 0.717) is 24.7 Å². The summed E-state index contributed by atoms with van der Waals surface area (Å²) in [6.45, 7) is 0.592. The second-order valence-corrected chi connectivity index (χ2v) is 3.41. The minimum absolute atomic E-state index is 0. The van der Waals surface area contributed by atoms with E-state index in [4.69, 9.17) is 10.3 Å². The molecular weight excluding hydrogens is 245 g/mol. The third kappa shape index (κ3) is 3.51. The summed E-state index contributed by atoms with van der Waals surface area (Å²) >= 11 is 0. The van der Waals surface area contributed by atoms with E-state index in [-0.39, 0.29) is 18.2 Å². The monoisotopic (exact) mass is 257 g/mol. The van der Waals surface area contributed by atoms with Crippen LogP contribution in [0.15, 0.2) is 28.8 Å². The van der Waals surface area contributed by atoms with E-state index >= 15 is 0 Å². The Morgan fingerprint density at radius 1 is 1.24 bits per heavy atom. The van der Waals surface area contributed by atoms with Gasteiger partial charge in [-0.1, -0.05) is 5.16 Å². The predicted molar refractivity (Wildman–Crippen MR) is 64.3 cm³/mol. The highest BCUT2D eigenvalue weighted by molar-refractivity contribution is 5.85. The zero-order chi connectivity index (χ0) is 11.4. The number of benzene rings is 1. The summed E-state index contributed by atoms with van der Waals surface area (Å²) in [6.07, 6.45) is 1.48. The predicted octanol–water partition coefficient (Wildman–Crippen LogP) is 2.19. The molecule has 0 unspecified atom stereocenters. The summed E-state index contributed by atoms with van der Waals surface area (Å²) in [4.78, 5) is 4.19. The van der Waals surface area contributed by atoms with Gasteiger partial charge in [-0.2, -0.15) is 4.98 Å². The number of halogens is 2. The van der Waals surface area contributed by atoms with Gasteiger partial charge in [0, 0.05) is 12.0 Å². The standard InChI is InChI=1S/C11H12FN3O.ClH/c12-9-5-3-8(4-6-9)11-14-10(16-15-11)2-1-7-13;/h3-6H,1-2,7,13H2;1H. The smallest absolute Gasteiger partial charge is 0.227 e. The molecule has 0 bridgehead atoms. The highest BCUT2D eigenvalue weighted by atomic mass is 35.5. The van der Waals surface area contributed by atoms with E-state index in [1.54, 1.807) is 12.1 Å².